The second-order valence-corrected chi connectivity index (χ2v) is 3.00. The van der Waals surface area contributed by atoms with Gasteiger partial charge in [0, 0.05) is 12.3 Å². The van der Waals surface area contributed by atoms with Crippen LogP contribution in [0.2, 0.25) is 0 Å². The van der Waals surface area contributed by atoms with Gasteiger partial charge < -0.3 is 4.74 Å². The quantitative estimate of drug-likeness (QED) is 0.688. The fourth-order valence-corrected chi connectivity index (χ4v) is 0.964. The SMILES string of the molecule is [2H]c1nc(CC(C)C)c(OC)nc1[2H]. The van der Waals surface area contributed by atoms with Crippen molar-refractivity contribution >= 4 is 0 Å². The highest BCUT2D eigenvalue weighted by Crippen LogP contribution is 2.14. The first kappa shape index (κ1) is 6.40. The van der Waals surface area contributed by atoms with Crippen LogP contribution >= 0.6 is 0 Å². The van der Waals surface area contributed by atoms with E-state index in [-0.39, 0.29) is 12.3 Å². The molecular weight excluding hydrogens is 152 g/mol. The summed E-state index contributed by atoms with van der Waals surface area (Å²) in [5.41, 5.74) is 0.656. The molecule has 0 saturated heterocycles. The van der Waals surface area contributed by atoms with Crippen molar-refractivity contribution in [3.8, 4) is 5.88 Å². The van der Waals surface area contributed by atoms with E-state index in [2.05, 4.69) is 23.8 Å². The van der Waals surface area contributed by atoms with Crippen LogP contribution in [0, 0.1) is 5.92 Å². The molecule has 0 spiro atoms. The summed E-state index contributed by atoms with van der Waals surface area (Å²) in [7, 11) is 1.50. The van der Waals surface area contributed by atoms with E-state index in [9.17, 15) is 0 Å². The van der Waals surface area contributed by atoms with Crippen LogP contribution in [0.3, 0.4) is 0 Å². The van der Waals surface area contributed by atoms with Gasteiger partial charge in [-0.2, -0.15) is 0 Å². The number of nitrogens with zero attached hydrogens (tertiary/aromatic N) is 2. The number of aromatic nitrogens is 2. The van der Waals surface area contributed by atoms with Crippen LogP contribution in [0.1, 0.15) is 22.3 Å². The third-order valence-electron chi connectivity index (χ3n) is 1.44. The van der Waals surface area contributed by atoms with Crippen molar-refractivity contribution in [2.24, 2.45) is 5.92 Å². The van der Waals surface area contributed by atoms with Gasteiger partial charge in [0.15, 0.2) is 0 Å². The van der Waals surface area contributed by atoms with Gasteiger partial charge in [-0.3, -0.25) is 4.98 Å². The Bertz CT molecular complexity index is 329. The Labute approximate surface area is 75.6 Å². The third kappa shape index (κ3) is 2.19. The van der Waals surface area contributed by atoms with Gasteiger partial charge in [-0.25, -0.2) is 4.98 Å². The lowest BCUT2D eigenvalue weighted by molar-refractivity contribution is 0.386. The molecule has 0 N–H and O–H groups in total. The summed E-state index contributed by atoms with van der Waals surface area (Å²) >= 11 is 0. The predicted molar refractivity (Wildman–Crippen MR) is 47.1 cm³/mol. The van der Waals surface area contributed by atoms with Crippen molar-refractivity contribution in [1.29, 1.82) is 0 Å². The van der Waals surface area contributed by atoms with Crippen LogP contribution in [0.5, 0.6) is 5.88 Å². The fourth-order valence-electron chi connectivity index (χ4n) is 0.964. The second kappa shape index (κ2) is 4.04. The minimum absolute atomic E-state index is 0.0959. The van der Waals surface area contributed by atoms with Gasteiger partial charge >= 0.3 is 0 Å². The van der Waals surface area contributed by atoms with E-state index in [0.717, 1.165) is 0 Å². The summed E-state index contributed by atoms with van der Waals surface area (Å²) in [4.78, 5) is 7.81. The van der Waals surface area contributed by atoms with Gasteiger partial charge in [0.25, 0.3) is 0 Å². The van der Waals surface area contributed by atoms with E-state index in [1.807, 2.05) is 0 Å². The number of rotatable bonds is 3. The summed E-state index contributed by atoms with van der Waals surface area (Å²) in [5.74, 6) is 0.786. The lowest BCUT2D eigenvalue weighted by Crippen LogP contribution is -2.01. The summed E-state index contributed by atoms with van der Waals surface area (Å²) in [6, 6.07) is 0. The molecule has 0 atom stereocenters. The first-order chi connectivity index (χ1) is 6.54. The molecule has 0 amide bonds. The van der Waals surface area contributed by atoms with Crippen LogP contribution < -0.4 is 4.74 Å². The zero-order valence-electron chi connectivity index (χ0n) is 9.59. The van der Waals surface area contributed by atoms with Gasteiger partial charge in [0.1, 0.15) is 5.69 Å². The van der Waals surface area contributed by atoms with E-state index in [4.69, 9.17) is 7.48 Å². The molecule has 1 heterocycles. The fraction of sp³-hybridized carbons (Fsp3) is 0.556. The molecule has 0 radical (unpaired) electrons. The molecule has 0 saturated carbocycles. The zero-order valence-corrected chi connectivity index (χ0v) is 7.59. The van der Waals surface area contributed by atoms with Gasteiger partial charge in [-0.15, -0.1) is 0 Å². The summed E-state index contributed by atoms with van der Waals surface area (Å²) in [6.45, 7) is 4.11. The highest BCUT2D eigenvalue weighted by molar-refractivity contribution is 5.17. The monoisotopic (exact) mass is 168 g/mol. The van der Waals surface area contributed by atoms with E-state index >= 15 is 0 Å². The number of hydrogen-bond acceptors (Lipinski definition) is 3. The molecule has 0 aromatic carbocycles. The molecule has 0 unspecified atom stereocenters. The van der Waals surface area contributed by atoms with Crippen LogP contribution in [0.15, 0.2) is 12.3 Å². The van der Waals surface area contributed by atoms with Crippen molar-refractivity contribution < 1.29 is 7.48 Å². The van der Waals surface area contributed by atoms with E-state index in [0.29, 0.717) is 23.9 Å². The number of hydrogen-bond donors (Lipinski definition) is 0. The molecule has 3 nitrogen and oxygen atoms in total. The Balaban J connectivity index is 3.07. The lowest BCUT2D eigenvalue weighted by atomic mass is 10.1. The number of methoxy groups -OCH3 is 1. The smallest absolute Gasteiger partial charge is 0.235 e. The van der Waals surface area contributed by atoms with E-state index in [1.165, 1.54) is 7.11 Å². The zero-order chi connectivity index (χ0) is 10.7. The minimum atomic E-state index is -0.144. The van der Waals surface area contributed by atoms with Gasteiger partial charge in [-0.1, -0.05) is 13.8 Å². The van der Waals surface area contributed by atoms with Crippen LogP contribution in [-0.2, 0) is 6.42 Å². The summed E-state index contributed by atoms with van der Waals surface area (Å²) in [6.07, 6.45) is 0.471. The highest BCUT2D eigenvalue weighted by atomic mass is 16.5. The Hall–Kier alpha value is -1.12. The van der Waals surface area contributed by atoms with Crippen LogP contribution in [-0.4, -0.2) is 17.1 Å². The number of ether oxygens (including phenoxy) is 1. The Kier molecular flexibility index (Phi) is 2.16. The van der Waals surface area contributed by atoms with Crippen LogP contribution in [0.25, 0.3) is 0 Å². The molecule has 3 heteroatoms. The van der Waals surface area contributed by atoms with E-state index in [1.54, 1.807) is 0 Å². The predicted octanol–water partition coefficient (Wildman–Crippen LogP) is 1.68. The molecular formula is C9H14N2O. The Morgan fingerprint density at radius 1 is 1.50 bits per heavy atom. The topological polar surface area (TPSA) is 35.0 Å². The standard InChI is InChI=1S/C9H14N2O/c1-7(2)6-8-9(12-3)11-5-4-10-8/h4-5,7H,6H2,1-3H3/i4D,5D. The molecule has 1 rings (SSSR count). The van der Waals surface area contributed by atoms with Crippen molar-refractivity contribution in [2.45, 2.75) is 20.3 Å². The molecule has 0 bridgehead atoms. The van der Waals surface area contributed by atoms with Gasteiger partial charge in [0.05, 0.1) is 9.85 Å². The first-order valence-electron chi connectivity index (χ1n) is 4.92. The summed E-state index contributed by atoms with van der Waals surface area (Å²) < 4.78 is 19.7. The molecule has 66 valence electrons. The second-order valence-electron chi connectivity index (χ2n) is 3.00. The minimum Gasteiger partial charge on any atom is -0.480 e. The normalized spacial score (nSPS) is 12.7. The average Bonchev–Trinajstić information content (AvgIpc) is 2.10. The molecule has 0 fully saturated rings. The van der Waals surface area contributed by atoms with Crippen molar-refractivity contribution in [1.82, 2.24) is 9.97 Å². The van der Waals surface area contributed by atoms with Crippen LogP contribution in [0.4, 0.5) is 0 Å². The summed E-state index contributed by atoms with van der Waals surface area (Å²) in [5, 5.41) is 0. The van der Waals surface area contributed by atoms with Crippen molar-refractivity contribution in [3.05, 3.63) is 18.0 Å². The van der Waals surface area contributed by atoms with Crippen molar-refractivity contribution in [2.75, 3.05) is 7.11 Å². The Morgan fingerprint density at radius 3 is 2.75 bits per heavy atom. The largest absolute Gasteiger partial charge is 0.480 e. The van der Waals surface area contributed by atoms with Crippen molar-refractivity contribution in [3.63, 3.8) is 0 Å². The lowest BCUT2D eigenvalue weighted by Gasteiger charge is -2.06. The van der Waals surface area contributed by atoms with E-state index < -0.39 is 0 Å². The molecule has 0 aliphatic rings. The first-order valence-corrected chi connectivity index (χ1v) is 3.92. The molecule has 0 aliphatic carbocycles. The molecule has 12 heavy (non-hydrogen) atoms. The average molecular weight is 168 g/mol. The maximum Gasteiger partial charge on any atom is 0.235 e. The maximum absolute atomic E-state index is 7.36. The maximum atomic E-state index is 7.36. The molecule has 1 aromatic rings. The van der Waals surface area contributed by atoms with Gasteiger partial charge in [0.2, 0.25) is 5.88 Å². The highest BCUT2D eigenvalue weighted by Gasteiger charge is 2.06. The Morgan fingerprint density at radius 2 is 2.17 bits per heavy atom. The molecule has 0 aliphatic heterocycles. The molecule has 1 aromatic heterocycles. The van der Waals surface area contributed by atoms with Gasteiger partial charge in [-0.05, 0) is 12.3 Å². The third-order valence-corrected chi connectivity index (χ3v) is 1.44.